The number of furan rings is 1. The fourth-order valence-corrected chi connectivity index (χ4v) is 3.26. The van der Waals surface area contributed by atoms with Crippen LogP contribution in [-0.4, -0.2) is 36.0 Å². The first-order valence-electron chi connectivity index (χ1n) is 9.22. The molecule has 0 radical (unpaired) electrons. The third-order valence-electron chi connectivity index (χ3n) is 4.71. The van der Waals surface area contributed by atoms with Gasteiger partial charge in [0, 0.05) is 25.0 Å². The number of rotatable bonds is 8. The van der Waals surface area contributed by atoms with E-state index >= 15 is 0 Å². The fraction of sp³-hybridized carbons (Fsp3) is 0.286. The van der Waals surface area contributed by atoms with Gasteiger partial charge in [0.05, 0.1) is 6.26 Å². The van der Waals surface area contributed by atoms with Crippen LogP contribution in [0.1, 0.15) is 17.5 Å². The highest BCUT2D eigenvalue weighted by Gasteiger charge is 2.16. The molecule has 0 bridgehead atoms. The quantitative estimate of drug-likeness (QED) is 0.576. The topological polar surface area (TPSA) is 84.2 Å². The molecule has 0 spiro atoms. The van der Waals surface area contributed by atoms with E-state index in [-0.39, 0.29) is 6.79 Å². The van der Waals surface area contributed by atoms with Crippen LogP contribution in [0.2, 0.25) is 0 Å². The first-order chi connectivity index (χ1) is 13.7. The first kappa shape index (κ1) is 18.2. The zero-order valence-corrected chi connectivity index (χ0v) is 15.4. The molecule has 28 heavy (non-hydrogen) atoms. The minimum atomic E-state index is -0.928. The molecule has 1 aromatic heterocycles. The molecular formula is C21H22N2O5. The molecule has 7 nitrogen and oxygen atoms in total. The fourth-order valence-electron chi connectivity index (χ4n) is 3.26. The number of amides is 1. The maximum atomic E-state index is 11.6. The second-order valence-corrected chi connectivity index (χ2v) is 6.71. The summed E-state index contributed by atoms with van der Waals surface area (Å²) in [5.74, 6) is 1.36. The Hall–Kier alpha value is -3.19. The highest BCUT2D eigenvalue weighted by molar-refractivity contribution is 5.77. The predicted molar refractivity (Wildman–Crippen MR) is 104 cm³/mol. The number of hydrogen-bond donors (Lipinski definition) is 2. The number of ether oxygens (including phenoxy) is 2. The van der Waals surface area contributed by atoms with Crippen LogP contribution in [0.25, 0.3) is 11.0 Å². The molecule has 1 amide bonds. The number of fused-ring (bicyclic) bond motifs is 2. The van der Waals surface area contributed by atoms with Crippen LogP contribution in [0.15, 0.2) is 53.1 Å². The summed E-state index contributed by atoms with van der Waals surface area (Å²) < 4.78 is 16.0. The summed E-state index contributed by atoms with van der Waals surface area (Å²) in [6.45, 7) is 2.45. The molecule has 2 N–H and O–H groups in total. The summed E-state index contributed by atoms with van der Waals surface area (Å²) in [5, 5.41) is 13.9. The van der Waals surface area contributed by atoms with Gasteiger partial charge in [-0.1, -0.05) is 12.1 Å². The Bertz CT molecular complexity index is 968. The van der Waals surface area contributed by atoms with Crippen molar-refractivity contribution in [2.45, 2.75) is 19.5 Å². The van der Waals surface area contributed by atoms with Gasteiger partial charge in [-0.2, -0.15) is 0 Å². The summed E-state index contributed by atoms with van der Waals surface area (Å²) in [6.07, 6.45) is 1.48. The normalized spacial score (nSPS) is 12.4. The summed E-state index contributed by atoms with van der Waals surface area (Å²) >= 11 is 0. The van der Waals surface area contributed by atoms with E-state index in [1.165, 1.54) is 10.5 Å². The predicted octanol–water partition coefficient (Wildman–Crippen LogP) is 3.82. The Kier molecular flexibility index (Phi) is 5.34. The minimum absolute atomic E-state index is 0.209. The molecule has 2 heterocycles. The Balaban J connectivity index is 1.24. The molecule has 1 aliphatic rings. The maximum Gasteiger partial charge on any atom is 0.407 e. The van der Waals surface area contributed by atoms with Crippen molar-refractivity contribution in [2.24, 2.45) is 0 Å². The lowest BCUT2D eigenvalue weighted by Gasteiger charge is -2.19. The van der Waals surface area contributed by atoms with Gasteiger partial charge in [-0.25, -0.2) is 4.79 Å². The zero-order valence-electron chi connectivity index (χ0n) is 15.4. The lowest BCUT2D eigenvalue weighted by Crippen LogP contribution is -2.31. The molecule has 0 unspecified atom stereocenters. The van der Waals surface area contributed by atoms with Crippen LogP contribution in [0.4, 0.5) is 4.79 Å². The summed E-state index contributed by atoms with van der Waals surface area (Å²) in [6, 6.07) is 13.5. The molecule has 1 aliphatic heterocycles. The molecule has 146 valence electrons. The van der Waals surface area contributed by atoms with Crippen molar-refractivity contribution < 1.29 is 23.8 Å². The van der Waals surface area contributed by atoms with Gasteiger partial charge in [0.2, 0.25) is 6.79 Å². The molecule has 0 aliphatic carbocycles. The Morgan fingerprint density at radius 2 is 1.93 bits per heavy atom. The third-order valence-corrected chi connectivity index (χ3v) is 4.71. The lowest BCUT2D eigenvalue weighted by atomic mass is 10.1. The largest absolute Gasteiger partial charge is 0.465 e. The molecule has 2 aromatic carbocycles. The van der Waals surface area contributed by atoms with E-state index in [9.17, 15) is 9.90 Å². The van der Waals surface area contributed by atoms with Crippen molar-refractivity contribution >= 4 is 17.1 Å². The van der Waals surface area contributed by atoms with Gasteiger partial charge < -0.3 is 29.2 Å². The van der Waals surface area contributed by atoms with E-state index < -0.39 is 6.09 Å². The van der Waals surface area contributed by atoms with Crippen molar-refractivity contribution in [3.63, 3.8) is 0 Å². The average Bonchev–Trinajstić information content (AvgIpc) is 3.34. The lowest BCUT2D eigenvalue weighted by molar-refractivity contribution is 0.141. The SMILES string of the molecule is O=C(O)N(CCCNCc1ccc2occc2c1)Cc1ccc2c(c1)OCO2. The Morgan fingerprint density at radius 1 is 1.07 bits per heavy atom. The van der Waals surface area contributed by atoms with E-state index in [4.69, 9.17) is 13.9 Å². The van der Waals surface area contributed by atoms with E-state index in [1.54, 1.807) is 6.26 Å². The van der Waals surface area contributed by atoms with Crippen molar-refractivity contribution in [3.05, 3.63) is 59.9 Å². The standard InChI is InChI=1S/C21H22N2O5/c24-21(25)23(13-16-3-5-19-20(11-16)28-14-27-19)8-1-7-22-12-15-2-4-18-17(10-15)6-9-26-18/h2-6,9-11,22H,1,7-8,12-14H2,(H,24,25). The molecule has 7 heteroatoms. The van der Waals surface area contributed by atoms with Gasteiger partial charge in [-0.05, 0) is 54.4 Å². The molecule has 4 rings (SSSR count). The van der Waals surface area contributed by atoms with Crippen molar-refractivity contribution in [1.29, 1.82) is 0 Å². The molecule has 0 saturated carbocycles. The molecule has 0 atom stereocenters. The van der Waals surface area contributed by atoms with Gasteiger partial charge in [0.15, 0.2) is 11.5 Å². The number of nitrogens with zero attached hydrogens (tertiary/aromatic N) is 1. The van der Waals surface area contributed by atoms with Crippen LogP contribution in [-0.2, 0) is 13.1 Å². The second-order valence-electron chi connectivity index (χ2n) is 6.71. The van der Waals surface area contributed by atoms with E-state index in [2.05, 4.69) is 11.4 Å². The van der Waals surface area contributed by atoms with Crippen molar-refractivity contribution in [3.8, 4) is 11.5 Å². The monoisotopic (exact) mass is 382 g/mol. The van der Waals surface area contributed by atoms with Gasteiger partial charge in [0.25, 0.3) is 0 Å². The highest BCUT2D eigenvalue weighted by atomic mass is 16.7. The van der Waals surface area contributed by atoms with Crippen LogP contribution in [0.3, 0.4) is 0 Å². The third kappa shape index (κ3) is 4.20. The Morgan fingerprint density at radius 3 is 2.82 bits per heavy atom. The van der Waals surface area contributed by atoms with Crippen LogP contribution in [0, 0.1) is 0 Å². The summed E-state index contributed by atoms with van der Waals surface area (Å²) in [7, 11) is 0. The van der Waals surface area contributed by atoms with Crippen LogP contribution >= 0.6 is 0 Å². The smallest absolute Gasteiger partial charge is 0.407 e. The highest BCUT2D eigenvalue weighted by Crippen LogP contribution is 2.32. The van der Waals surface area contributed by atoms with E-state index in [1.807, 2.05) is 36.4 Å². The Labute approximate surface area is 162 Å². The summed E-state index contributed by atoms with van der Waals surface area (Å²) in [4.78, 5) is 13.0. The van der Waals surface area contributed by atoms with E-state index in [0.717, 1.165) is 36.0 Å². The number of carboxylic acid groups (broad SMARTS) is 1. The molecule has 0 fully saturated rings. The van der Waals surface area contributed by atoms with E-state index in [0.29, 0.717) is 24.6 Å². The van der Waals surface area contributed by atoms with Gasteiger partial charge in [-0.3, -0.25) is 0 Å². The molecule has 3 aromatic rings. The summed E-state index contributed by atoms with van der Waals surface area (Å²) in [5.41, 5.74) is 2.93. The van der Waals surface area contributed by atoms with Crippen molar-refractivity contribution in [2.75, 3.05) is 19.9 Å². The van der Waals surface area contributed by atoms with Gasteiger partial charge >= 0.3 is 6.09 Å². The van der Waals surface area contributed by atoms with Gasteiger partial charge in [-0.15, -0.1) is 0 Å². The minimum Gasteiger partial charge on any atom is -0.465 e. The molecular weight excluding hydrogens is 360 g/mol. The number of nitrogens with one attached hydrogen (secondary N) is 1. The zero-order chi connectivity index (χ0) is 19.3. The number of benzene rings is 2. The molecule has 0 saturated heterocycles. The van der Waals surface area contributed by atoms with Crippen LogP contribution in [0.5, 0.6) is 11.5 Å². The maximum absolute atomic E-state index is 11.6. The van der Waals surface area contributed by atoms with Gasteiger partial charge in [0.1, 0.15) is 5.58 Å². The first-order valence-corrected chi connectivity index (χ1v) is 9.22. The van der Waals surface area contributed by atoms with Crippen molar-refractivity contribution in [1.82, 2.24) is 10.2 Å². The second kappa shape index (κ2) is 8.22. The number of carbonyl (C=O) groups is 1. The average molecular weight is 382 g/mol. The van der Waals surface area contributed by atoms with Crippen LogP contribution < -0.4 is 14.8 Å². The number of hydrogen-bond acceptors (Lipinski definition) is 5.